The molecule has 3 aromatic carbocycles. The van der Waals surface area contributed by atoms with Crippen LogP contribution in [0.4, 0.5) is 0 Å². The van der Waals surface area contributed by atoms with Crippen LogP contribution >= 0.6 is 0 Å². The van der Waals surface area contributed by atoms with E-state index >= 15 is 0 Å². The molecule has 0 amide bonds. The topological polar surface area (TPSA) is 81.3 Å². The molecule has 0 unspecified atom stereocenters. The van der Waals surface area contributed by atoms with Crippen LogP contribution in [0.15, 0.2) is 70.3 Å². The minimum Gasteiger partial charge on any atom is -0.481 e. The molecule has 0 aliphatic heterocycles. The van der Waals surface area contributed by atoms with Gasteiger partial charge >= 0.3 is 5.97 Å². The molecule has 0 saturated carbocycles. The standard InChI is InChI=1S/C28H26N2O4/c1-2-29-22-12-7-5-10-18(22)27(33)20-17-25-21(16-24(20)29)28(34)19-11-6-8-13-23(19)30(25)15-9-3-4-14-26(31)32/h5-8,10-13,16-17H,2-4,9,14-15H2,1H3,(H,31,32). The zero-order valence-corrected chi connectivity index (χ0v) is 19.1. The number of rotatable bonds is 7. The van der Waals surface area contributed by atoms with Gasteiger partial charge in [0, 0.05) is 41.1 Å². The fourth-order valence-corrected chi connectivity index (χ4v) is 5.04. The van der Waals surface area contributed by atoms with Gasteiger partial charge in [-0.3, -0.25) is 14.4 Å². The van der Waals surface area contributed by atoms with Crippen LogP contribution in [0.1, 0.15) is 32.6 Å². The number of aliphatic carboxylic acids is 1. The number of nitrogens with zero attached hydrogens (tertiary/aromatic N) is 2. The molecule has 0 spiro atoms. The second-order valence-electron chi connectivity index (χ2n) is 8.68. The Morgan fingerprint density at radius 2 is 1.24 bits per heavy atom. The van der Waals surface area contributed by atoms with Crippen LogP contribution in [0.2, 0.25) is 0 Å². The van der Waals surface area contributed by atoms with E-state index in [2.05, 4.69) is 9.13 Å². The maximum absolute atomic E-state index is 13.5. The quantitative estimate of drug-likeness (QED) is 0.268. The summed E-state index contributed by atoms with van der Waals surface area (Å²) in [4.78, 5) is 37.8. The van der Waals surface area contributed by atoms with Gasteiger partial charge in [-0.15, -0.1) is 0 Å². The molecule has 0 saturated heterocycles. The number of unbranched alkanes of at least 4 members (excludes halogenated alkanes) is 2. The summed E-state index contributed by atoms with van der Waals surface area (Å²) in [6, 6.07) is 18.9. The van der Waals surface area contributed by atoms with Gasteiger partial charge in [-0.1, -0.05) is 30.7 Å². The lowest BCUT2D eigenvalue weighted by Crippen LogP contribution is -2.15. The smallest absolute Gasteiger partial charge is 0.303 e. The minimum absolute atomic E-state index is 0.0363. The summed E-state index contributed by atoms with van der Waals surface area (Å²) in [5.41, 5.74) is 3.11. The number of pyridine rings is 2. The summed E-state index contributed by atoms with van der Waals surface area (Å²) in [5.74, 6) is -0.787. The molecule has 1 N–H and O–H groups in total. The normalized spacial score (nSPS) is 11.7. The Labute approximate surface area is 195 Å². The molecule has 0 bridgehead atoms. The first-order valence-corrected chi connectivity index (χ1v) is 11.7. The maximum Gasteiger partial charge on any atom is 0.303 e. The molecular weight excluding hydrogens is 428 g/mol. The largest absolute Gasteiger partial charge is 0.481 e. The number of hydrogen-bond donors (Lipinski definition) is 1. The molecule has 2 heterocycles. The van der Waals surface area contributed by atoms with Gasteiger partial charge in [0.15, 0.2) is 10.9 Å². The van der Waals surface area contributed by atoms with E-state index in [1.165, 1.54) is 0 Å². The Bertz CT molecular complexity index is 1690. The van der Waals surface area contributed by atoms with Gasteiger partial charge in [0.25, 0.3) is 0 Å². The van der Waals surface area contributed by atoms with Crippen molar-refractivity contribution < 1.29 is 9.90 Å². The fraction of sp³-hybridized carbons (Fsp3) is 0.250. The zero-order valence-electron chi connectivity index (χ0n) is 19.1. The molecule has 0 aliphatic rings. The number of aromatic nitrogens is 2. The molecule has 0 aliphatic carbocycles. The molecule has 2 aromatic heterocycles. The Kier molecular flexibility index (Phi) is 5.65. The van der Waals surface area contributed by atoms with Crippen LogP contribution in [0.25, 0.3) is 43.6 Å². The molecule has 34 heavy (non-hydrogen) atoms. The van der Waals surface area contributed by atoms with Crippen molar-refractivity contribution in [2.45, 2.75) is 45.7 Å². The highest BCUT2D eigenvalue weighted by Gasteiger charge is 2.16. The number of carbonyl (C=O) groups is 1. The van der Waals surface area contributed by atoms with Gasteiger partial charge in [-0.05, 0) is 56.2 Å². The number of carboxylic acid groups (broad SMARTS) is 1. The number of hydrogen-bond acceptors (Lipinski definition) is 3. The highest BCUT2D eigenvalue weighted by Crippen LogP contribution is 2.26. The summed E-state index contributed by atoms with van der Waals surface area (Å²) < 4.78 is 4.20. The third-order valence-electron chi connectivity index (χ3n) is 6.65. The van der Waals surface area contributed by atoms with E-state index in [1.807, 2.05) is 67.6 Å². The summed E-state index contributed by atoms with van der Waals surface area (Å²) in [6.45, 7) is 3.35. The molecule has 6 heteroatoms. The Balaban J connectivity index is 1.80. The molecule has 6 nitrogen and oxygen atoms in total. The van der Waals surface area contributed by atoms with Crippen LogP contribution in [-0.2, 0) is 17.9 Å². The lowest BCUT2D eigenvalue weighted by molar-refractivity contribution is -0.137. The lowest BCUT2D eigenvalue weighted by Gasteiger charge is -2.18. The van der Waals surface area contributed by atoms with E-state index < -0.39 is 5.97 Å². The van der Waals surface area contributed by atoms with E-state index in [9.17, 15) is 14.4 Å². The highest BCUT2D eigenvalue weighted by atomic mass is 16.4. The van der Waals surface area contributed by atoms with E-state index in [0.717, 1.165) is 34.9 Å². The average Bonchev–Trinajstić information content (AvgIpc) is 2.85. The predicted octanol–water partition coefficient (Wildman–Crippen LogP) is 5.29. The molecule has 0 fully saturated rings. The third-order valence-corrected chi connectivity index (χ3v) is 6.65. The molecular formula is C28H26N2O4. The Morgan fingerprint density at radius 1 is 0.706 bits per heavy atom. The SMILES string of the molecule is CCn1c2ccccc2c(=O)c2cc3c(cc21)c(=O)c1ccccc1n3CCCCCC(=O)O. The van der Waals surface area contributed by atoms with E-state index in [0.29, 0.717) is 41.1 Å². The third kappa shape index (κ3) is 3.55. The van der Waals surface area contributed by atoms with Gasteiger partial charge in [0.1, 0.15) is 0 Å². The number of carboxylic acids is 1. The number of aryl methyl sites for hydroxylation is 2. The average molecular weight is 455 g/mol. The van der Waals surface area contributed by atoms with Crippen molar-refractivity contribution >= 4 is 49.6 Å². The van der Waals surface area contributed by atoms with Crippen LogP contribution in [0, 0.1) is 0 Å². The van der Waals surface area contributed by atoms with Crippen molar-refractivity contribution in [3.63, 3.8) is 0 Å². The van der Waals surface area contributed by atoms with Gasteiger partial charge in [0.05, 0.1) is 22.1 Å². The second kappa shape index (κ2) is 8.78. The van der Waals surface area contributed by atoms with Crippen LogP contribution < -0.4 is 10.9 Å². The first kappa shape index (κ1) is 21.9. The summed E-state index contributed by atoms with van der Waals surface area (Å²) in [7, 11) is 0. The van der Waals surface area contributed by atoms with Crippen LogP contribution in [0.5, 0.6) is 0 Å². The Hall–Kier alpha value is -3.93. The first-order chi connectivity index (χ1) is 16.5. The monoisotopic (exact) mass is 454 g/mol. The molecule has 5 aromatic rings. The first-order valence-electron chi connectivity index (χ1n) is 11.7. The lowest BCUT2D eigenvalue weighted by atomic mass is 10.0. The van der Waals surface area contributed by atoms with Crippen molar-refractivity contribution in [2.24, 2.45) is 0 Å². The summed E-state index contributed by atoms with van der Waals surface area (Å²) in [5, 5.41) is 11.4. The van der Waals surface area contributed by atoms with Crippen LogP contribution in [-0.4, -0.2) is 20.2 Å². The van der Waals surface area contributed by atoms with E-state index in [-0.39, 0.29) is 17.3 Å². The van der Waals surface area contributed by atoms with Gasteiger partial charge in [0.2, 0.25) is 0 Å². The molecule has 5 rings (SSSR count). The van der Waals surface area contributed by atoms with Crippen LogP contribution in [0.3, 0.4) is 0 Å². The predicted molar refractivity (Wildman–Crippen MR) is 137 cm³/mol. The molecule has 0 atom stereocenters. The van der Waals surface area contributed by atoms with Gasteiger partial charge in [-0.2, -0.15) is 0 Å². The number of para-hydroxylation sites is 2. The van der Waals surface area contributed by atoms with Crippen molar-refractivity contribution in [2.75, 3.05) is 0 Å². The fourth-order valence-electron chi connectivity index (χ4n) is 5.04. The highest BCUT2D eigenvalue weighted by molar-refractivity contribution is 6.03. The maximum atomic E-state index is 13.5. The summed E-state index contributed by atoms with van der Waals surface area (Å²) >= 11 is 0. The van der Waals surface area contributed by atoms with Crippen molar-refractivity contribution in [1.82, 2.24) is 9.13 Å². The van der Waals surface area contributed by atoms with Crippen molar-refractivity contribution in [3.8, 4) is 0 Å². The molecule has 0 radical (unpaired) electrons. The second-order valence-corrected chi connectivity index (χ2v) is 8.68. The van der Waals surface area contributed by atoms with Crippen molar-refractivity contribution in [3.05, 3.63) is 81.1 Å². The number of benzene rings is 3. The number of fused-ring (bicyclic) bond motifs is 4. The molecule has 172 valence electrons. The summed E-state index contributed by atoms with van der Waals surface area (Å²) in [6.07, 6.45) is 2.32. The minimum atomic E-state index is -0.787. The zero-order chi connectivity index (χ0) is 23.8. The van der Waals surface area contributed by atoms with E-state index in [4.69, 9.17) is 5.11 Å². The Morgan fingerprint density at radius 3 is 1.79 bits per heavy atom. The van der Waals surface area contributed by atoms with Crippen molar-refractivity contribution in [1.29, 1.82) is 0 Å². The van der Waals surface area contributed by atoms with Gasteiger partial charge in [-0.25, -0.2) is 0 Å². The van der Waals surface area contributed by atoms with Gasteiger partial charge < -0.3 is 14.2 Å². The van der Waals surface area contributed by atoms with E-state index in [1.54, 1.807) is 0 Å².